The third-order valence-corrected chi connectivity index (χ3v) is 9.27. The summed E-state index contributed by atoms with van der Waals surface area (Å²) in [6, 6.07) is 0. The Morgan fingerprint density at radius 3 is 2.45 bits per heavy atom. The van der Waals surface area contributed by atoms with Gasteiger partial charge in [0.1, 0.15) is 6.10 Å². The first-order valence-electron chi connectivity index (χ1n) is 12.6. The predicted octanol–water partition coefficient (Wildman–Crippen LogP) is 5.81. The van der Waals surface area contributed by atoms with Crippen LogP contribution in [-0.2, 0) is 0 Å². The molecular weight excluding hydrogens is 384 g/mol. The van der Waals surface area contributed by atoms with Crippen molar-refractivity contribution >= 4 is 0 Å². The van der Waals surface area contributed by atoms with Crippen molar-refractivity contribution in [3.05, 3.63) is 36.0 Å². The molecule has 3 heteroatoms. The van der Waals surface area contributed by atoms with Crippen LogP contribution in [0.4, 0.5) is 0 Å². The number of aliphatic hydroxyl groups is 3. The average Bonchev–Trinajstić information content (AvgIpc) is 3.07. The van der Waals surface area contributed by atoms with Gasteiger partial charge < -0.3 is 15.3 Å². The first kappa shape index (κ1) is 24.7. The van der Waals surface area contributed by atoms with Crippen molar-refractivity contribution in [2.45, 2.75) is 104 Å². The van der Waals surface area contributed by atoms with E-state index in [1.165, 1.54) is 0 Å². The topological polar surface area (TPSA) is 60.7 Å². The Morgan fingerprint density at radius 2 is 1.77 bits per heavy atom. The maximum absolute atomic E-state index is 11.8. The predicted molar refractivity (Wildman–Crippen MR) is 129 cm³/mol. The number of rotatable bonds is 6. The standard InChI is InChI=1S/C28H46O3/c1-18(2)19(3)8-9-21(5)24-12-13-25-27(24,6)14-7-15-28(25,31)26(30)17-22-16-23(29)11-10-20(22)4/h8-9,17-19,21,23-26,29-31H,4,7,10-16H2,1-3,5-6H3/b9-8+,22-17-/t19-,21+,23-,24+,25?,26?,27+,28+/m0/s1. The fourth-order valence-corrected chi connectivity index (χ4v) is 6.82. The summed E-state index contributed by atoms with van der Waals surface area (Å²) in [5.74, 6) is 2.33. The molecular formula is C28H46O3. The molecule has 3 aliphatic rings. The van der Waals surface area contributed by atoms with Crippen LogP contribution in [0, 0.1) is 35.0 Å². The molecule has 31 heavy (non-hydrogen) atoms. The number of fused-ring (bicyclic) bond motifs is 1. The highest BCUT2D eigenvalue weighted by molar-refractivity contribution is 5.33. The SMILES string of the molecule is C=C1CC[C@H](O)C/C1=C/C(O)[C@@]1(O)CCC[C@@]2(C)C1CC[C@@H]2[C@H](C)/C=C/[C@H](C)C(C)C. The summed E-state index contributed by atoms with van der Waals surface area (Å²) in [4.78, 5) is 0. The van der Waals surface area contributed by atoms with Crippen molar-refractivity contribution in [3.63, 3.8) is 0 Å². The van der Waals surface area contributed by atoms with E-state index in [4.69, 9.17) is 0 Å². The minimum atomic E-state index is -1.09. The highest BCUT2D eigenvalue weighted by Crippen LogP contribution is 2.61. The lowest BCUT2D eigenvalue weighted by molar-refractivity contribution is -0.155. The first-order chi connectivity index (χ1) is 14.5. The largest absolute Gasteiger partial charge is 0.393 e. The summed E-state index contributed by atoms with van der Waals surface area (Å²) in [6.07, 6.45) is 12.2. The van der Waals surface area contributed by atoms with Gasteiger partial charge in [0.25, 0.3) is 0 Å². The Morgan fingerprint density at radius 1 is 1.06 bits per heavy atom. The molecule has 3 N–H and O–H groups in total. The Labute approximate surface area is 190 Å². The van der Waals surface area contributed by atoms with Crippen molar-refractivity contribution in [3.8, 4) is 0 Å². The van der Waals surface area contributed by atoms with Crippen LogP contribution in [0.3, 0.4) is 0 Å². The van der Waals surface area contributed by atoms with E-state index >= 15 is 0 Å². The Bertz CT molecular complexity index is 707. The zero-order valence-electron chi connectivity index (χ0n) is 20.5. The van der Waals surface area contributed by atoms with Gasteiger partial charge >= 0.3 is 0 Å². The Hall–Kier alpha value is -0.900. The van der Waals surface area contributed by atoms with Gasteiger partial charge in [-0.05, 0) is 98.0 Å². The monoisotopic (exact) mass is 430 g/mol. The van der Waals surface area contributed by atoms with Crippen molar-refractivity contribution in [2.75, 3.05) is 0 Å². The van der Waals surface area contributed by atoms with E-state index in [-0.39, 0.29) is 17.4 Å². The fraction of sp³-hybridized carbons (Fsp3) is 0.786. The molecule has 2 unspecified atom stereocenters. The van der Waals surface area contributed by atoms with Crippen molar-refractivity contribution in [1.82, 2.24) is 0 Å². The number of hydrogen-bond acceptors (Lipinski definition) is 3. The molecule has 176 valence electrons. The maximum Gasteiger partial charge on any atom is 0.102 e. The van der Waals surface area contributed by atoms with Crippen LogP contribution >= 0.6 is 0 Å². The zero-order chi connectivity index (χ0) is 23.0. The number of allylic oxidation sites excluding steroid dienone is 3. The fourth-order valence-electron chi connectivity index (χ4n) is 6.82. The molecule has 0 bridgehead atoms. The van der Waals surface area contributed by atoms with E-state index in [0.717, 1.165) is 49.7 Å². The highest BCUT2D eigenvalue weighted by Gasteiger charge is 2.59. The van der Waals surface area contributed by atoms with Crippen LogP contribution in [0.1, 0.15) is 86.0 Å². The molecule has 8 atom stereocenters. The molecule has 0 aromatic rings. The summed E-state index contributed by atoms with van der Waals surface area (Å²) in [5.41, 5.74) is 0.876. The quantitative estimate of drug-likeness (QED) is 0.466. The normalized spacial score (nSPS) is 41.0. The van der Waals surface area contributed by atoms with Gasteiger partial charge in [0.15, 0.2) is 0 Å². The van der Waals surface area contributed by atoms with Gasteiger partial charge in [0, 0.05) is 0 Å². The molecule has 0 aromatic heterocycles. The number of aliphatic hydroxyl groups excluding tert-OH is 2. The molecule has 0 amide bonds. The van der Waals surface area contributed by atoms with Crippen LogP contribution in [0.25, 0.3) is 0 Å². The molecule has 0 heterocycles. The summed E-state index contributed by atoms with van der Waals surface area (Å²) >= 11 is 0. The summed E-state index contributed by atoms with van der Waals surface area (Å²) in [7, 11) is 0. The van der Waals surface area contributed by atoms with E-state index in [1.807, 2.05) is 6.08 Å². The molecule has 0 spiro atoms. The Kier molecular flexibility index (Phi) is 7.61. The van der Waals surface area contributed by atoms with Gasteiger partial charge in [-0.25, -0.2) is 0 Å². The lowest BCUT2D eigenvalue weighted by Crippen LogP contribution is -2.56. The van der Waals surface area contributed by atoms with Crippen LogP contribution in [0.5, 0.6) is 0 Å². The van der Waals surface area contributed by atoms with Crippen molar-refractivity contribution in [2.24, 2.45) is 35.0 Å². The highest BCUT2D eigenvalue weighted by atomic mass is 16.3. The van der Waals surface area contributed by atoms with Crippen molar-refractivity contribution in [1.29, 1.82) is 0 Å². The molecule has 0 aliphatic heterocycles. The summed E-state index contributed by atoms with van der Waals surface area (Å²) in [5, 5.41) is 33.2. The summed E-state index contributed by atoms with van der Waals surface area (Å²) < 4.78 is 0. The second kappa shape index (κ2) is 9.53. The second-order valence-electron chi connectivity index (χ2n) is 11.6. The lowest BCUT2D eigenvalue weighted by Gasteiger charge is -2.52. The molecule has 3 nitrogen and oxygen atoms in total. The van der Waals surface area contributed by atoms with E-state index in [9.17, 15) is 15.3 Å². The molecule has 3 saturated carbocycles. The van der Waals surface area contributed by atoms with Crippen LogP contribution in [-0.4, -0.2) is 33.1 Å². The van der Waals surface area contributed by atoms with Gasteiger partial charge in [-0.1, -0.05) is 58.9 Å². The molecule has 3 aliphatic carbocycles. The minimum Gasteiger partial charge on any atom is -0.393 e. The van der Waals surface area contributed by atoms with Gasteiger partial charge in [0.2, 0.25) is 0 Å². The molecule has 3 fully saturated rings. The molecule has 0 radical (unpaired) electrons. The van der Waals surface area contributed by atoms with Gasteiger partial charge in [-0.15, -0.1) is 0 Å². The van der Waals surface area contributed by atoms with Crippen LogP contribution in [0.15, 0.2) is 36.0 Å². The Balaban J connectivity index is 1.80. The summed E-state index contributed by atoms with van der Waals surface area (Å²) in [6.45, 7) is 15.6. The maximum atomic E-state index is 11.8. The third-order valence-electron chi connectivity index (χ3n) is 9.27. The van der Waals surface area contributed by atoms with Gasteiger partial charge in [-0.2, -0.15) is 0 Å². The number of hydrogen-bond donors (Lipinski definition) is 3. The second-order valence-corrected chi connectivity index (χ2v) is 11.6. The molecule has 0 aromatic carbocycles. The van der Waals surface area contributed by atoms with Crippen LogP contribution in [0.2, 0.25) is 0 Å². The average molecular weight is 431 g/mol. The van der Waals surface area contributed by atoms with E-state index in [0.29, 0.717) is 36.5 Å². The third kappa shape index (κ3) is 4.89. The molecule has 0 saturated heterocycles. The van der Waals surface area contributed by atoms with Gasteiger partial charge in [0.05, 0.1) is 11.7 Å². The lowest BCUT2D eigenvalue weighted by atomic mass is 9.56. The van der Waals surface area contributed by atoms with Crippen LogP contribution < -0.4 is 0 Å². The smallest absolute Gasteiger partial charge is 0.102 e. The zero-order valence-corrected chi connectivity index (χ0v) is 20.5. The molecule has 3 rings (SSSR count). The van der Waals surface area contributed by atoms with Gasteiger partial charge in [-0.3, -0.25) is 0 Å². The minimum absolute atomic E-state index is 0.0421. The van der Waals surface area contributed by atoms with E-state index in [1.54, 1.807) is 0 Å². The van der Waals surface area contributed by atoms with Crippen molar-refractivity contribution < 1.29 is 15.3 Å². The van der Waals surface area contributed by atoms with E-state index < -0.39 is 11.7 Å². The first-order valence-corrected chi connectivity index (χ1v) is 12.6. The van der Waals surface area contributed by atoms with E-state index in [2.05, 4.69) is 53.3 Å².